The lowest BCUT2D eigenvalue weighted by molar-refractivity contribution is 0.0815. The standard InChI is InChI=1S/C21H27N7O/c1-13-14(2)24-19(21(29)27(3)4)26-20(13)28-8-6-16(12-28)23-11-17-9-15-10-22-7-5-18(15)25-17/h5,7,9-10,16,23,25H,6,8,11-12H2,1-4H3/t16-/m1/s1. The summed E-state index contributed by atoms with van der Waals surface area (Å²) in [7, 11) is 3.44. The molecule has 0 saturated carbocycles. The van der Waals surface area contributed by atoms with Crippen molar-refractivity contribution in [1.29, 1.82) is 0 Å². The van der Waals surface area contributed by atoms with Gasteiger partial charge in [0.1, 0.15) is 5.82 Å². The average molecular weight is 393 g/mol. The minimum absolute atomic E-state index is 0.170. The Labute approximate surface area is 170 Å². The number of nitrogens with one attached hydrogen (secondary N) is 2. The van der Waals surface area contributed by atoms with Crippen LogP contribution in [0, 0.1) is 13.8 Å². The molecule has 0 aromatic carbocycles. The van der Waals surface area contributed by atoms with Crippen molar-refractivity contribution in [3.05, 3.63) is 47.3 Å². The summed E-state index contributed by atoms with van der Waals surface area (Å²) in [5, 5.41) is 4.76. The molecule has 152 valence electrons. The smallest absolute Gasteiger partial charge is 0.291 e. The molecule has 1 amide bonds. The molecule has 0 bridgehead atoms. The summed E-state index contributed by atoms with van der Waals surface area (Å²) in [6, 6.07) is 4.49. The highest BCUT2D eigenvalue weighted by atomic mass is 16.2. The first-order valence-electron chi connectivity index (χ1n) is 9.89. The SMILES string of the molecule is Cc1nc(C(=O)N(C)C)nc(N2CC[C@@H](NCc3cc4cnccc4[nH]3)C2)c1C. The van der Waals surface area contributed by atoms with Crippen molar-refractivity contribution in [2.45, 2.75) is 32.9 Å². The molecule has 1 aliphatic heterocycles. The maximum atomic E-state index is 12.3. The maximum absolute atomic E-state index is 12.3. The van der Waals surface area contributed by atoms with E-state index in [-0.39, 0.29) is 11.7 Å². The Morgan fingerprint density at radius 1 is 1.34 bits per heavy atom. The molecule has 4 heterocycles. The topological polar surface area (TPSA) is 90.0 Å². The highest BCUT2D eigenvalue weighted by molar-refractivity contribution is 5.90. The van der Waals surface area contributed by atoms with E-state index in [9.17, 15) is 4.79 Å². The molecule has 0 radical (unpaired) electrons. The second-order valence-electron chi connectivity index (χ2n) is 7.85. The predicted octanol–water partition coefficient (Wildman–Crippen LogP) is 2.04. The Balaban J connectivity index is 1.44. The Morgan fingerprint density at radius 3 is 2.93 bits per heavy atom. The van der Waals surface area contributed by atoms with E-state index in [2.05, 4.69) is 36.2 Å². The second kappa shape index (κ2) is 7.79. The van der Waals surface area contributed by atoms with Gasteiger partial charge in [0.2, 0.25) is 5.82 Å². The number of nitrogens with zero attached hydrogens (tertiary/aromatic N) is 5. The zero-order valence-corrected chi connectivity index (χ0v) is 17.4. The van der Waals surface area contributed by atoms with Gasteiger partial charge >= 0.3 is 0 Å². The molecule has 8 heteroatoms. The molecule has 0 unspecified atom stereocenters. The van der Waals surface area contributed by atoms with Crippen molar-refractivity contribution < 1.29 is 4.79 Å². The first kappa shape index (κ1) is 19.3. The van der Waals surface area contributed by atoms with Crippen LogP contribution in [-0.4, -0.2) is 64.0 Å². The van der Waals surface area contributed by atoms with E-state index in [1.54, 1.807) is 20.3 Å². The number of hydrogen-bond acceptors (Lipinski definition) is 6. The van der Waals surface area contributed by atoms with Gasteiger partial charge < -0.3 is 20.1 Å². The zero-order chi connectivity index (χ0) is 20.5. The number of aromatic amines is 1. The summed E-state index contributed by atoms with van der Waals surface area (Å²) in [6.07, 6.45) is 4.70. The summed E-state index contributed by atoms with van der Waals surface area (Å²) in [6.45, 7) is 6.49. The molecule has 4 rings (SSSR count). The van der Waals surface area contributed by atoms with Crippen LogP contribution in [0.25, 0.3) is 10.9 Å². The largest absolute Gasteiger partial charge is 0.357 e. The molecule has 1 saturated heterocycles. The van der Waals surface area contributed by atoms with Gasteiger partial charge in [-0.25, -0.2) is 9.97 Å². The van der Waals surface area contributed by atoms with Gasteiger partial charge in [-0.2, -0.15) is 0 Å². The Hall–Kier alpha value is -3.00. The van der Waals surface area contributed by atoms with E-state index in [4.69, 9.17) is 0 Å². The molecule has 3 aromatic heterocycles. The van der Waals surface area contributed by atoms with Crippen LogP contribution in [0.15, 0.2) is 24.5 Å². The Morgan fingerprint density at radius 2 is 2.17 bits per heavy atom. The third kappa shape index (κ3) is 3.93. The first-order chi connectivity index (χ1) is 13.9. The molecule has 3 aromatic rings. The summed E-state index contributed by atoms with van der Waals surface area (Å²) < 4.78 is 0. The quantitative estimate of drug-likeness (QED) is 0.689. The van der Waals surface area contributed by atoms with Crippen LogP contribution >= 0.6 is 0 Å². The molecule has 1 fully saturated rings. The summed E-state index contributed by atoms with van der Waals surface area (Å²) in [5.74, 6) is 0.955. The molecule has 2 N–H and O–H groups in total. The number of carbonyl (C=O) groups is 1. The number of aromatic nitrogens is 4. The first-order valence-corrected chi connectivity index (χ1v) is 9.89. The third-order valence-electron chi connectivity index (χ3n) is 5.51. The van der Waals surface area contributed by atoms with Crippen molar-refractivity contribution in [1.82, 2.24) is 30.2 Å². The molecule has 0 aliphatic carbocycles. The van der Waals surface area contributed by atoms with Gasteiger partial charge in [0.05, 0.1) is 0 Å². The molecule has 8 nitrogen and oxygen atoms in total. The predicted molar refractivity (Wildman–Crippen MR) is 113 cm³/mol. The number of hydrogen-bond donors (Lipinski definition) is 2. The number of fused-ring (bicyclic) bond motifs is 1. The lowest BCUT2D eigenvalue weighted by atomic mass is 10.2. The fraction of sp³-hybridized carbons (Fsp3) is 0.429. The second-order valence-corrected chi connectivity index (χ2v) is 7.85. The van der Waals surface area contributed by atoms with Crippen LogP contribution in [0.4, 0.5) is 5.82 Å². The van der Waals surface area contributed by atoms with Crippen LogP contribution in [0.2, 0.25) is 0 Å². The van der Waals surface area contributed by atoms with Gasteiger partial charge in [-0.3, -0.25) is 9.78 Å². The van der Waals surface area contributed by atoms with E-state index in [0.717, 1.165) is 59.7 Å². The van der Waals surface area contributed by atoms with Gasteiger partial charge in [0.25, 0.3) is 5.91 Å². The lowest BCUT2D eigenvalue weighted by Crippen LogP contribution is -2.33. The normalized spacial score (nSPS) is 16.6. The number of amides is 1. The Bertz CT molecular complexity index is 1010. The molecule has 29 heavy (non-hydrogen) atoms. The summed E-state index contributed by atoms with van der Waals surface area (Å²) in [5.41, 5.74) is 4.14. The Kier molecular flexibility index (Phi) is 5.19. The molecule has 1 atom stereocenters. The summed E-state index contributed by atoms with van der Waals surface area (Å²) >= 11 is 0. The number of rotatable bonds is 5. The average Bonchev–Trinajstić information content (AvgIpc) is 3.34. The summed E-state index contributed by atoms with van der Waals surface area (Å²) in [4.78, 5) is 32.7. The van der Waals surface area contributed by atoms with Crippen molar-refractivity contribution >= 4 is 22.6 Å². The van der Waals surface area contributed by atoms with E-state index >= 15 is 0 Å². The van der Waals surface area contributed by atoms with Crippen molar-refractivity contribution in [2.24, 2.45) is 0 Å². The van der Waals surface area contributed by atoms with Crippen molar-refractivity contribution in [3.63, 3.8) is 0 Å². The zero-order valence-electron chi connectivity index (χ0n) is 17.4. The molecular weight excluding hydrogens is 366 g/mol. The van der Waals surface area contributed by atoms with Crippen LogP contribution in [0.1, 0.15) is 34.0 Å². The number of carbonyl (C=O) groups excluding carboxylic acids is 1. The van der Waals surface area contributed by atoms with E-state index in [1.165, 1.54) is 4.90 Å². The lowest BCUT2D eigenvalue weighted by Gasteiger charge is -2.22. The van der Waals surface area contributed by atoms with Gasteiger partial charge in [-0.1, -0.05) is 0 Å². The van der Waals surface area contributed by atoms with Gasteiger partial charge in [-0.15, -0.1) is 0 Å². The fourth-order valence-electron chi connectivity index (χ4n) is 3.72. The monoisotopic (exact) mass is 393 g/mol. The number of aryl methyl sites for hydroxylation is 1. The number of anilines is 1. The maximum Gasteiger partial charge on any atom is 0.291 e. The highest BCUT2D eigenvalue weighted by Gasteiger charge is 2.26. The number of pyridine rings is 1. The van der Waals surface area contributed by atoms with Crippen molar-refractivity contribution in [3.8, 4) is 0 Å². The van der Waals surface area contributed by atoms with E-state index in [0.29, 0.717) is 6.04 Å². The molecule has 1 aliphatic rings. The van der Waals surface area contributed by atoms with Crippen molar-refractivity contribution in [2.75, 3.05) is 32.1 Å². The minimum Gasteiger partial charge on any atom is -0.357 e. The minimum atomic E-state index is -0.170. The van der Waals surface area contributed by atoms with E-state index in [1.807, 2.05) is 26.1 Å². The highest BCUT2D eigenvalue weighted by Crippen LogP contribution is 2.24. The third-order valence-corrected chi connectivity index (χ3v) is 5.51. The van der Waals surface area contributed by atoms with E-state index < -0.39 is 0 Å². The number of H-pyrrole nitrogens is 1. The fourth-order valence-corrected chi connectivity index (χ4v) is 3.72. The van der Waals surface area contributed by atoms with Gasteiger partial charge in [-0.05, 0) is 32.4 Å². The van der Waals surface area contributed by atoms with Gasteiger partial charge in [0.15, 0.2) is 0 Å². The molecule has 0 spiro atoms. The molecular formula is C21H27N7O. The van der Waals surface area contributed by atoms with Gasteiger partial charge in [0, 0.05) is 80.0 Å². The van der Waals surface area contributed by atoms with Crippen LogP contribution in [0.5, 0.6) is 0 Å². The van der Waals surface area contributed by atoms with Crippen LogP contribution < -0.4 is 10.2 Å². The van der Waals surface area contributed by atoms with Crippen LogP contribution in [0.3, 0.4) is 0 Å². The van der Waals surface area contributed by atoms with Crippen LogP contribution in [-0.2, 0) is 6.54 Å².